The Morgan fingerprint density at radius 1 is 1.28 bits per heavy atom. The Kier molecular flexibility index (Phi) is 6.46. The van der Waals surface area contributed by atoms with Gasteiger partial charge in [-0.2, -0.15) is 4.68 Å². The zero-order valence-electron chi connectivity index (χ0n) is 16.0. The summed E-state index contributed by atoms with van der Waals surface area (Å²) in [6, 6.07) is 14.4. The van der Waals surface area contributed by atoms with Crippen LogP contribution in [0.25, 0.3) is 5.69 Å². The summed E-state index contributed by atoms with van der Waals surface area (Å²) in [7, 11) is 1.59. The fourth-order valence-corrected chi connectivity index (χ4v) is 3.09. The van der Waals surface area contributed by atoms with Crippen LogP contribution in [0.2, 0.25) is 0 Å². The van der Waals surface area contributed by atoms with Crippen molar-refractivity contribution in [3.8, 4) is 11.4 Å². The number of rotatable bonds is 7. The van der Waals surface area contributed by atoms with Crippen molar-refractivity contribution in [2.75, 3.05) is 12.4 Å². The third-order valence-electron chi connectivity index (χ3n) is 4.75. The molecular formula is C20H23ClN6O2. The number of hydrogen-bond donors (Lipinski definition) is 2. The number of nitrogens with one attached hydrogen (secondary N) is 1. The van der Waals surface area contributed by atoms with Crippen LogP contribution >= 0.6 is 12.4 Å². The molecule has 0 saturated heterocycles. The molecule has 0 unspecified atom stereocenters. The van der Waals surface area contributed by atoms with Gasteiger partial charge >= 0.3 is 0 Å². The molecule has 0 radical (unpaired) electrons. The quantitative estimate of drug-likeness (QED) is 0.614. The lowest BCUT2D eigenvalue weighted by Gasteiger charge is -2.15. The maximum absolute atomic E-state index is 12.5. The molecule has 0 spiro atoms. The van der Waals surface area contributed by atoms with Gasteiger partial charge in [-0.15, -0.1) is 17.5 Å². The van der Waals surface area contributed by atoms with E-state index in [1.165, 1.54) is 0 Å². The molecule has 0 aliphatic heterocycles. The third kappa shape index (κ3) is 4.72. The predicted octanol–water partition coefficient (Wildman–Crippen LogP) is 2.48. The largest absolute Gasteiger partial charge is 0.494 e. The zero-order valence-corrected chi connectivity index (χ0v) is 16.8. The molecule has 3 aromatic rings. The van der Waals surface area contributed by atoms with Crippen molar-refractivity contribution < 1.29 is 9.53 Å². The second-order valence-electron chi connectivity index (χ2n) is 6.90. The number of carbonyl (C=O) groups is 1. The van der Waals surface area contributed by atoms with Crippen molar-refractivity contribution in [1.82, 2.24) is 20.2 Å². The first kappa shape index (κ1) is 20.8. The number of nitrogens with zero attached hydrogens (tertiary/aromatic N) is 4. The van der Waals surface area contributed by atoms with Crippen molar-refractivity contribution in [3.63, 3.8) is 0 Å². The minimum Gasteiger partial charge on any atom is -0.494 e. The van der Waals surface area contributed by atoms with Gasteiger partial charge in [0.1, 0.15) is 11.4 Å². The molecule has 4 rings (SSSR count). The fourth-order valence-electron chi connectivity index (χ4n) is 3.09. The van der Waals surface area contributed by atoms with Crippen LogP contribution in [0.5, 0.6) is 5.75 Å². The average Bonchev–Trinajstić information content (AvgIpc) is 3.45. The van der Waals surface area contributed by atoms with E-state index in [4.69, 9.17) is 10.5 Å². The number of benzene rings is 2. The van der Waals surface area contributed by atoms with Crippen LogP contribution in [0.4, 0.5) is 5.69 Å². The van der Waals surface area contributed by atoms with E-state index in [1.807, 2.05) is 30.3 Å². The van der Waals surface area contributed by atoms with Crippen LogP contribution in [-0.2, 0) is 11.2 Å². The van der Waals surface area contributed by atoms with Crippen LogP contribution in [0.15, 0.2) is 48.5 Å². The van der Waals surface area contributed by atoms with Crippen molar-refractivity contribution in [2.45, 2.75) is 31.2 Å². The molecule has 1 aliphatic carbocycles. The van der Waals surface area contributed by atoms with Crippen LogP contribution < -0.4 is 15.8 Å². The van der Waals surface area contributed by atoms with E-state index < -0.39 is 6.04 Å². The molecule has 1 heterocycles. The Morgan fingerprint density at radius 2 is 2.03 bits per heavy atom. The number of aromatic nitrogens is 4. The zero-order chi connectivity index (χ0) is 19.5. The minimum absolute atomic E-state index is 0. The Labute approximate surface area is 174 Å². The van der Waals surface area contributed by atoms with Gasteiger partial charge in [0.15, 0.2) is 5.82 Å². The van der Waals surface area contributed by atoms with E-state index in [9.17, 15) is 4.79 Å². The van der Waals surface area contributed by atoms with Crippen molar-refractivity contribution in [1.29, 1.82) is 0 Å². The van der Waals surface area contributed by atoms with E-state index in [1.54, 1.807) is 30.0 Å². The first-order valence-corrected chi connectivity index (χ1v) is 9.23. The summed E-state index contributed by atoms with van der Waals surface area (Å²) in [5.41, 5.74) is 8.40. The highest BCUT2D eigenvalue weighted by molar-refractivity contribution is 5.95. The molecule has 9 heteroatoms. The first-order valence-electron chi connectivity index (χ1n) is 9.23. The SMILES string of the molecule is COc1ccc(NC(=O)[C@@H](N)Cc2ccccc2)cc1-n1nnnc1C1CC1.Cl. The maximum Gasteiger partial charge on any atom is 0.241 e. The predicted molar refractivity (Wildman–Crippen MR) is 112 cm³/mol. The van der Waals surface area contributed by atoms with Gasteiger partial charge in [-0.05, 0) is 53.5 Å². The lowest BCUT2D eigenvalue weighted by atomic mass is 10.1. The maximum atomic E-state index is 12.5. The summed E-state index contributed by atoms with van der Waals surface area (Å²) in [5.74, 6) is 1.56. The molecule has 1 aromatic heterocycles. The molecular weight excluding hydrogens is 392 g/mol. The molecule has 2 aromatic carbocycles. The molecule has 1 atom stereocenters. The van der Waals surface area contributed by atoms with Gasteiger partial charge < -0.3 is 15.8 Å². The summed E-state index contributed by atoms with van der Waals surface area (Å²) in [6.07, 6.45) is 2.62. The lowest BCUT2D eigenvalue weighted by Crippen LogP contribution is -2.37. The number of ether oxygens (including phenoxy) is 1. The Morgan fingerprint density at radius 3 is 2.72 bits per heavy atom. The lowest BCUT2D eigenvalue weighted by molar-refractivity contribution is -0.117. The van der Waals surface area contributed by atoms with Crippen molar-refractivity contribution >= 4 is 24.0 Å². The van der Waals surface area contributed by atoms with Crippen LogP contribution in [0.3, 0.4) is 0 Å². The highest BCUT2D eigenvalue weighted by Gasteiger charge is 2.30. The highest BCUT2D eigenvalue weighted by atomic mass is 35.5. The smallest absolute Gasteiger partial charge is 0.241 e. The van der Waals surface area contributed by atoms with Gasteiger partial charge in [0.25, 0.3) is 0 Å². The van der Waals surface area contributed by atoms with Gasteiger partial charge in [-0.3, -0.25) is 4.79 Å². The Hall–Kier alpha value is -2.97. The average molecular weight is 415 g/mol. The molecule has 1 amide bonds. The fraction of sp³-hybridized carbons (Fsp3) is 0.300. The van der Waals surface area contributed by atoms with Crippen molar-refractivity contribution in [2.24, 2.45) is 5.73 Å². The Balaban J connectivity index is 0.00000240. The molecule has 1 saturated carbocycles. The van der Waals surface area contributed by atoms with E-state index in [-0.39, 0.29) is 18.3 Å². The third-order valence-corrected chi connectivity index (χ3v) is 4.75. The van der Waals surface area contributed by atoms with Crippen LogP contribution in [0.1, 0.15) is 30.1 Å². The van der Waals surface area contributed by atoms with Gasteiger partial charge in [0, 0.05) is 11.6 Å². The van der Waals surface area contributed by atoms with E-state index >= 15 is 0 Å². The molecule has 3 N–H and O–H groups in total. The normalized spacial score (nSPS) is 14.0. The molecule has 0 bridgehead atoms. The van der Waals surface area contributed by atoms with Gasteiger partial charge in [0.05, 0.1) is 13.2 Å². The molecule has 152 valence electrons. The summed E-state index contributed by atoms with van der Waals surface area (Å²) in [6.45, 7) is 0. The minimum atomic E-state index is -0.650. The number of carbonyl (C=O) groups excluding carboxylic acids is 1. The summed E-state index contributed by atoms with van der Waals surface area (Å²) < 4.78 is 7.13. The van der Waals surface area contributed by atoms with E-state index in [0.29, 0.717) is 29.5 Å². The van der Waals surface area contributed by atoms with Crippen molar-refractivity contribution in [3.05, 3.63) is 59.9 Å². The molecule has 1 fully saturated rings. The second kappa shape index (κ2) is 9.02. The van der Waals surface area contributed by atoms with Gasteiger partial charge in [0.2, 0.25) is 5.91 Å². The van der Waals surface area contributed by atoms with E-state index in [2.05, 4.69) is 20.8 Å². The first-order chi connectivity index (χ1) is 13.7. The molecule has 29 heavy (non-hydrogen) atoms. The Bertz CT molecular complexity index is 974. The van der Waals surface area contributed by atoms with Gasteiger partial charge in [-0.1, -0.05) is 30.3 Å². The van der Waals surface area contributed by atoms with E-state index in [0.717, 1.165) is 24.2 Å². The molecule has 8 nitrogen and oxygen atoms in total. The number of tetrazole rings is 1. The number of nitrogens with two attached hydrogens (primary N) is 1. The number of halogens is 1. The summed E-state index contributed by atoms with van der Waals surface area (Å²) in [5, 5.41) is 14.9. The second-order valence-corrected chi connectivity index (χ2v) is 6.90. The molecule has 1 aliphatic rings. The number of methoxy groups -OCH3 is 1. The topological polar surface area (TPSA) is 108 Å². The highest BCUT2D eigenvalue weighted by Crippen LogP contribution is 2.40. The van der Waals surface area contributed by atoms with Gasteiger partial charge in [-0.25, -0.2) is 0 Å². The summed E-state index contributed by atoms with van der Waals surface area (Å²) >= 11 is 0. The number of anilines is 1. The number of amides is 1. The number of hydrogen-bond acceptors (Lipinski definition) is 6. The van der Waals surface area contributed by atoms with Crippen LogP contribution in [0, 0.1) is 0 Å². The standard InChI is InChI=1S/C20H22N6O2.ClH/c1-28-18-10-9-15(12-17(18)26-19(14-7-8-14)23-24-25-26)22-20(27)16(21)11-13-5-3-2-4-6-13;/h2-6,9-10,12,14,16H,7-8,11,21H2,1H3,(H,22,27);1H/t16-;/m0./s1. The monoisotopic (exact) mass is 414 g/mol. The van der Waals surface area contributed by atoms with Crippen LogP contribution in [-0.4, -0.2) is 39.3 Å². The summed E-state index contributed by atoms with van der Waals surface area (Å²) in [4.78, 5) is 12.5.